The number of hydrogen-bond donors (Lipinski definition) is 0. The van der Waals surface area contributed by atoms with Crippen molar-refractivity contribution >= 4 is 53.7 Å². The highest BCUT2D eigenvalue weighted by Gasteiger charge is 2.10. The second-order valence-corrected chi connectivity index (χ2v) is 9.00. The molecule has 1 heterocycles. The molecule has 148 valence electrons. The van der Waals surface area contributed by atoms with E-state index in [4.69, 9.17) is 0 Å². The molecule has 0 aliphatic heterocycles. The molecule has 0 spiro atoms. The third-order valence-corrected chi connectivity index (χ3v) is 7.25. The maximum absolute atomic E-state index is 2.31. The van der Waals surface area contributed by atoms with Gasteiger partial charge in [-0.25, -0.2) is 0 Å². The van der Waals surface area contributed by atoms with Crippen LogP contribution >= 0.6 is 11.3 Å². The van der Waals surface area contributed by atoms with Gasteiger partial charge in [0.05, 0.1) is 0 Å². The quantitative estimate of drug-likeness (QED) is 0.279. The van der Waals surface area contributed by atoms with Crippen LogP contribution in [0.5, 0.6) is 0 Å². The number of rotatable bonds is 3. The van der Waals surface area contributed by atoms with Gasteiger partial charge in [-0.2, -0.15) is 0 Å². The summed E-state index contributed by atoms with van der Waals surface area (Å²) < 4.78 is 2.68. The Kier molecular flexibility index (Phi) is 4.26. The Morgan fingerprint density at radius 2 is 1.23 bits per heavy atom. The van der Waals surface area contributed by atoms with E-state index in [0.29, 0.717) is 0 Å². The van der Waals surface area contributed by atoms with Gasteiger partial charge in [0, 0.05) is 38.6 Å². The van der Waals surface area contributed by atoms with Gasteiger partial charge < -0.3 is 4.90 Å². The predicted octanol–water partition coefficient (Wildman–Crippen LogP) is 8.64. The third-order valence-electron chi connectivity index (χ3n) is 6.10. The number of anilines is 2. The van der Waals surface area contributed by atoms with Crippen LogP contribution in [0, 0.1) is 0 Å². The fourth-order valence-electron chi connectivity index (χ4n) is 4.41. The Bertz CT molecular complexity index is 1540. The van der Waals surface area contributed by atoms with Gasteiger partial charge in [0.2, 0.25) is 0 Å². The van der Waals surface area contributed by atoms with Gasteiger partial charge in [-0.05, 0) is 58.3 Å². The summed E-state index contributed by atoms with van der Waals surface area (Å²) in [5.74, 6) is 0. The molecule has 6 rings (SSSR count). The molecule has 0 saturated heterocycles. The Morgan fingerprint density at radius 1 is 0.548 bits per heavy atom. The molecular formula is C29H21NS. The van der Waals surface area contributed by atoms with E-state index in [1.807, 2.05) is 11.3 Å². The van der Waals surface area contributed by atoms with Crippen LogP contribution in [0.1, 0.15) is 0 Å². The summed E-state index contributed by atoms with van der Waals surface area (Å²) in [6.45, 7) is 0. The highest BCUT2D eigenvalue weighted by atomic mass is 32.1. The molecule has 0 bridgehead atoms. The van der Waals surface area contributed by atoms with Gasteiger partial charge in [0.15, 0.2) is 0 Å². The summed E-state index contributed by atoms with van der Waals surface area (Å²) >= 11 is 1.86. The minimum absolute atomic E-state index is 1.18. The van der Waals surface area contributed by atoms with Crippen LogP contribution < -0.4 is 4.90 Å². The normalized spacial score (nSPS) is 11.4. The molecule has 0 saturated carbocycles. The molecule has 0 N–H and O–H groups in total. The molecule has 6 aromatic rings. The summed E-state index contributed by atoms with van der Waals surface area (Å²) in [7, 11) is 2.14. The van der Waals surface area contributed by atoms with Gasteiger partial charge in [-0.3, -0.25) is 0 Å². The second-order valence-electron chi connectivity index (χ2n) is 7.91. The number of hydrogen-bond acceptors (Lipinski definition) is 2. The standard InChI is InChI=1S/C29H21NS/c1-30(23-17-18-29-27(19-23)26-10-4-5-12-28(26)31-29)22-15-13-21(14-16-22)25-11-6-8-20-7-2-3-9-24(20)25/h2-19H,1H3. The van der Waals surface area contributed by atoms with Crippen LogP contribution in [0.15, 0.2) is 109 Å². The van der Waals surface area contributed by atoms with Gasteiger partial charge >= 0.3 is 0 Å². The average molecular weight is 416 g/mol. The van der Waals surface area contributed by atoms with Crippen molar-refractivity contribution in [2.24, 2.45) is 0 Å². The summed E-state index contributed by atoms with van der Waals surface area (Å²) in [6, 6.07) is 39.4. The van der Waals surface area contributed by atoms with Crippen molar-refractivity contribution in [1.82, 2.24) is 0 Å². The molecule has 0 aliphatic carbocycles. The Hall–Kier alpha value is -3.62. The Labute approximate surface area is 185 Å². The monoisotopic (exact) mass is 415 g/mol. The van der Waals surface area contributed by atoms with E-state index in [-0.39, 0.29) is 0 Å². The van der Waals surface area contributed by atoms with Gasteiger partial charge in [0.25, 0.3) is 0 Å². The van der Waals surface area contributed by atoms with Crippen molar-refractivity contribution in [1.29, 1.82) is 0 Å². The first-order valence-corrected chi connectivity index (χ1v) is 11.3. The molecule has 0 amide bonds. The minimum Gasteiger partial charge on any atom is -0.345 e. The largest absolute Gasteiger partial charge is 0.345 e. The van der Waals surface area contributed by atoms with Crippen molar-refractivity contribution in [3.05, 3.63) is 109 Å². The van der Waals surface area contributed by atoms with E-state index < -0.39 is 0 Å². The molecule has 1 aromatic heterocycles. The maximum Gasteiger partial charge on any atom is 0.0415 e. The highest BCUT2D eigenvalue weighted by Crippen LogP contribution is 2.37. The summed E-state index contributed by atoms with van der Waals surface area (Å²) in [5.41, 5.74) is 4.91. The zero-order valence-corrected chi connectivity index (χ0v) is 18.1. The van der Waals surface area contributed by atoms with Crippen LogP contribution in [0.25, 0.3) is 42.1 Å². The molecule has 0 aliphatic rings. The zero-order chi connectivity index (χ0) is 20.8. The van der Waals surface area contributed by atoms with Crippen LogP contribution in [-0.4, -0.2) is 7.05 Å². The predicted molar refractivity (Wildman–Crippen MR) is 137 cm³/mol. The minimum atomic E-state index is 1.18. The molecule has 0 unspecified atom stereocenters. The van der Waals surface area contributed by atoms with E-state index in [1.165, 1.54) is 53.4 Å². The fourth-order valence-corrected chi connectivity index (χ4v) is 5.50. The molecule has 1 nitrogen and oxygen atoms in total. The first-order chi connectivity index (χ1) is 15.3. The first-order valence-electron chi connectivity index (χ1n) is 10.5. The number of fused-ring (bicyclic) bond motifs is 4. The lowest BCUT2D eigenvalue weighted by Crippen LogP contribution is -2.08. The first kappa shape index (κ1) is 18.2. The molecular weight excluding hydrogens is 394 g/mol. The zero-order valence-electron chi connectivity index (χ0n) is 17.2. The van der Waals surface area contributed by atoms with E-state index in [0.717, 1.165) is 0 Å². The van der Waals surface area contributed by atoms with E-state index in [9.17, 15) is 0 Å². The van der Waals surface area contributed by atoms with Crippen LogP contribution in [0.3, 0.4) is 0 Å². The number of thiophene rings is 1. The molecule has 0 atom stereocenters. The van der Waals surface area contributed by atoms with Crippen molar-refractivity contribution in [2.45, 2.75) is 0 Å². The fraction of sp³-hybridized carbons (Fsp3) is 0.0345. The third kappa shape index (κ3) is 3.08. The molecule has 5 aromatic carbocycles. The van der Waals surface area contributed by atoms with Gasteiger partial charge in [-0.15, -0.1) is 11.3 Å². The molecule has 2 heteroatoms. The van der Waals surface area contributed by atoms with E-state index >= 15 is 0 Å². The lowest BCUT2D eigenvalue weighted by molar-refractivity contribution is 1.21. The van der Waals surface area contributed by atoms with Crippen molar-refractivity contribution < 1.29 is 0 Å². The van der Waals surface area contributed by atoms with E-state index in [1.54, 1.807) is 0 Å². The van der Waals surface area contributed by atoms with Crippen LogP contribution in [0.2, 0.25) is 0 Å². The highest BCUT2D eigenvalue weighted by molar-refractivity contribution is 7.25. The second kappa shape index (κ2) is 7.26. The molecule has 0 radical (unpaired) electrons. The molecule has 31 heavy (non-hydrogen) atoms. The topological polar surface area (TPSA) is 3.24 Å². The average Bonchev–Trinajstić information content (AvgIpc) is 3.21. The summed E-state index contributed by atoms with van der Waals surface area (Å²) in [5, 5.41) is 5.24. The Balaban J connectivity index is 1.37. The lowest BCUT2D eigenvalue weighted by Gasteiger charge is -2.20. The summed E-state index contributed by atoms with van der Waals surface area (Å²) in [4.78, 5) is 2.26. The SMILES string of the molecule is CN(c1ccc(-c2cccc3ccccc23)cc1)c1ccc2sc3ccccc3c2c1. The van der Waals surface area contributed by atoms with Crippen molar-refractivity contribution in [3.8, 4) is 11.1 Å². The van der Waals surface area contributed by atoms with Crippen LogP contribution in [0.4, 0.5) is 11.4 Å². The van der Waals surface area contributed by atoms with Gasteiger partial charge in [0.1, 0.15) is 0 Å². The van der Waals surface area contributed by atoms with E-state index in [2.05, 4.69) is 121 Å². The lowest BCUT2D eigenvalue weighted by atomic mass is 9.98. The maximum atomic E-state index is 2.31. The smallest absolute Gasteiger partial charge is 0.0415 e. The van der Waals surface area contributed by atoms with Gasteiger partial charge in [-0.1, -0.05) is 72.8 Å². The van der Waals surface area contributed by atoms with Crippen molar-refractivity contribution in [3.63, 3.8) is 0 Å². The molecule has 0 fully saturated rings. The van der Waals surface area contributed by atoms with Crippen LogP contribution in [-0.2, 0) is 0 Å². The summed E-state index contributed by atoms with van der Waals surface area (Å²) in [6.07, 6.45) is 0. The Morgan fingerprint density at radius 3 is 2.10 bits per heavy atom. The number of benzene rings is 5. The van der Waals surface area contributed by atoms with Crippen molar-refractivity contribution in [2.75, 3.05) is 11.9 Å². The number of nitrogens with zero attached hydrogens (tertiary/aromatic N) is 1.